The number of halogens is 3. The lowest BCUT2D eigenvalue weighted by Gasteiger charge is -2.38. The van der Waals surface area contributed by atoms with Gasteiger partial charge in [0.1, 0.15) is 17.8 Å². The van der Waals surface area contributed by atoms with E-state index in [4.69, 9.17) is 4.74 Å². The maximum absolute atomic E-state index is 12.1. The van der Waals surface area contributed by atoms with Crippen molar-refractivity contribution >= 4 is 11.9 Å². The Balaban J connectivity index is 0.000000342. The van der Waals surface area contributed by atoms with Crippen molar-refractivity contribution in [2.75, 3.05) is 0 Å². The lowest BCUT2D eigenvalue weighted by atomic mass is 9.82. The first-order valence-electron chi connectivity index (χ1n) is 12.4. The maximum Gasteiger partial charge on any atom is 0.399 e. The number of hydrogen-bond acceptors (Lipinski definition) is 4. The van der Waals surface area contributed by atoms with Gasteiger partial charge in [-0.15, -0.1) is 0 Å². The monoisotopic (exact) mass is 486 g/mol. The summed E-state index contributed by atoms with van der Waals surface area (Å²) in [6, 6.07) is 6.53. The van der Waals surface area contributed by atoms with E-state index in [0.717, 1.165) is 37.7 Å². The lowest BCUT2D eigenvalue weighted by Crippen LogP contribution is -2.40. The van der Waals surface area contributed by atoms with Crippen molar-refractivity contribution in [3.63, 3.8) is 0 Å². The van der Waals surface area contributed by atoms with Gasteiger partial charge in [0, 0.05) is 0 Å². The quantitative estimate of drug-likeness (QED) is 0.275. The van der Waals surface area contributed by atoms with Crippen LogP contribution in [-0.2, 0) is 14.3 Å². The highest BCUT2D eigenvalue weighted by Gasteiger charge is 2.38. The molecule has 0 bridgehead atoms. The molecule has 0 radical (unpaired) electrons. The molecule has 194 valence electrons. The molecule has 1 aromatic carbocycles. The van der Waals surface area contributed by atoms with Gasteiger partial charge in [0.05, 0.1) is 5.41 Å². The molecule has 0 aliphatic heterocycles. The number of rotatable bonds is 8. The smallest absolute Gasteiger partial charge is 0.399 e. The van der Waals surface area contributed by atoms with E-state index in [1.54, 1.807) is 12.1 Å². The Morgan fingerprint density at radius 2 is 1.56 bits per heavy atom. The summed E-state index contributed by atoms with van der Waals surface area (Å²) in [7, 11) is 0. The predicted molar refractivity (Wildman–Crippen MR) is 128 cm³/mol. The molecule has 7 heteroatoms. The molecule has 1 aromatic rings. The van der Waals surface area contributed by atoms with Gasteiger partial charge in [-0.25, -0.2) is 0 Å². The molecule has 0 heterocycles. The number of carbonyl (C=O) groups excluding carboxylic acids is 2. The highest BCUT2D eigenvalue weighted by atomic mass is 19.4. The zero-order chi connectivity index (χ0) is 26.0. The molecule has 0 spiro atoms. The fraction of sp³-hybridized carbons (Fsp3) is 0.704. The predicted octanol–water partition coefficient (Wildman–Crippen LogP) is 8.14. The molecule has 1 saturated carbocycles. The standard InChI is InChI=1S/C14H26O2.C13H15F3O2/c1-5-13(3,4)12(15)16-14(6-2)10-8-7-9-11-14;1-3-9(2)10-4-6-11(7-5-10)18-12(17)8-13(14,15)16/h5-11H2,1-4H3;4-7,9H,3,8H2,1-2H3. The van der Waals surface area contributed by atoms with Crippen LogP contribution in [-0.4, -0.2) is 23.7 Å². The SMILES string of the molecule is CCC(C)c1ccc(OC(=O)CC(F)(F)F)cc1.CCC1(OC(=O)C(C)(C)CC)CCCCC1. The van der Waals surface area contributed by atoms with Gasteiger partial charge in [-0.2, -0.15) is 13.2 Å². The van der Waals surface area contributed by atoms with Crippen molar-refractivity contribution in [1.82, 2.24) is 0 Å². The third kappa shape index (κ3) is 10.1. The van der Waals surface area contributed by atoms with Crippen molar-refractivity contribution in [2.45, 2.75) is 117 Å². The Labute approximate surface area is 202 Å². The van der Waals surface area contributed by atoms with Gasteiger partial charge in [-0.05, 0) is 82.4 Å². The van der Waals surface area contributed by atoms with Crippen LogP contribution in [0.5, 0.6) is 5.75 Å². The number of alkyl halides is 3. The minimum atomic E-state index is -4.53. The van der Waals surface area contributed by atoms with E-state index in [1.165, 1.54) is 31.4 Å². The zero-order valence-corrected chi connectivity index (χ0v) is 21.5. The van der Waals surface area contributed by atoms with E-state index >= 15 is 0 Å². The molecule has 1 aliphatic carbocycles. The van der Waals surface area contributed by atoms with Gasteiger partial charge in [0.15, 0.2) is 0 Å². The summed E-state index contributed by atoms with van der Waals surface area (Å²) in [4.78, 5) is 23.1. The molecule has 0 amide bonds. The highest BCUT2D eigenvalue weighted by Crippen LogP contribution is 2.37. The largest absolute Gasteiger partial charge is 0.459 e. The Hall–Kier alpha value is -2.05. The molecule has 1 unspecified atom stereocenters. The fourth-order valence-electron chi connectivity index (χ4n) is 3.63. The van der Waals surface area contributed by atoms with Crippen LogP contribution in [0.15, 0.2) is 24.3 Å². The van der Waals surface area contributed by atoms with Crippen molar-refractivity contribution in [3.05, 3.63) is 29.8 Å². The van der Waals surface area contributed by atoms with Crippen LogP contribution in [0.2, 0.25) is 0 Å². The van der Waals surface area contributed by atoms with Gasteiger partial charge in [0.25, 0.3) is 0 Å². The van der Waals surface area contributed by atoms with Gasteiger partial charge in [-0.1, -0.05) is 46.2 Å². The summed E-state index contributed by atoms with van der Waals surface area (Å²) in [5, 5.41) is 0. The van der Waals surface area contributed by atoms with E-state index in [9.17, 15) is 22.8 Å². The molecule has 4 nitrogen and oxygen atoms in total. The average molecular weight is 487 g/mol. The summed E-state index contributed by atoms with van der Waals surface area (Å²) in [6.45, 7) is 12.2. The van der Waals surface area contributed by atoms with E-state index < -0.39 is 18.6 Å². The van der Waals surface area contributed by atoms with Crippen molar-refractivity contribution in [3.8, 4) is 5.75 Å². The number of hydrogen-bond donors (Lipinski definition) is 0. The van der Waals surface area contributed by atoms with Crippen LogP contribution in [0.4, 0.5) is 13.2 Å². The third-order valence-electron chi connectivity index (χ3n) is 6.79. The molecule has 1 aliphatic rings. The van der Waals surface area contributed by atoms with Gasteiger partial charge in [-0.3, -0.25) is 9.59 Å². The van der Waals surface area contributed by atoms with E-state index in [0.29, 0.717) is 5.92 Å². The summed E-state index contributed by atoms with van der Waals surface area (Å²) in [5.41, 5.74) is 0.578. The average Bonchev–Trinajstić information content (AvgIpc) is 2.78. The Kier molecular flexibility index (Phi) is 11.6. The number of benzene rings is 1. The molecular weight excluding hydrogens is 445 g/mol. The van der Waals surface area contributed by atoms with Crippen LogP contribution in [0.3, 0.4) is 0 Å². The van der Waals surface area contributed by atoms with Crippen molar-refractivity contribution in [2.24, 2.45) is 5.41 Å². The minimum Gasteiger partial charge on any atom is -0.459 e. The summed E-state index contributed by atoms with van der Waals surface area (Å²) in [6.07, 6.45) is 2.45. The normalized spacial score (nSPS) is 16.6. The van der Waals surface area contributed by atoms with Gasteiger partial charge in [0.2, 0.25) is 0 Å². The lowest BCUT2D eigenvalue weighted by molar-refractivity contribution is -0.175. The molecule has 1 fully saturated rings. The molecule has 34 heavy (non-hydrogen) atoms. The molecule has 0 N–H and O–H groups in total. The zero-order valence-electron chi connectivity index (χ0n) is 21.5. The number of esters is 2. The Morgan fingerprint density at radius 1 is 1.00 bits per heavy atom. The summed E-state index contributed by atoms with van der Waals surface area (Å²) >= 11 is 0. The first-order valence-corrected chi connectivity index (χ1v) is 12.4. The van der Waals surface area contributed by atoms with E-state index in [2.05, 4.69) is 11.7 Å². The van der Waals surface area contributed by atoms with E-state index in [-0.39, 0.29) is 22.7 Å². The first kappa shape index (κ1) is 30.0. The number of ether oxygens (including phenoxy) is 2. The van der Waals surface area contributed by atoms with Crippen molar-refractivity contribution < 1.29 is 32.2 Å². The molecule has 1 atom stereocenters. The van der Waals surface area contributed by atoms with Crippen LogP contribution in [0.25, 0.3) is 0 Å². The second-order valence-corrected chi connectivity index (χ2v) is 9.87. The fourth-order valence-corrected chi connectivity index (χ4v) is 3.63. The van der Waals surface area contributed by atoms with Gasteiger partial charge < -0.3 is 9.47 Å². The van der Waals surface area contributed by atoms with Gasteiger partial charge >= 0.3 is 18.1 Å². The second kappa shape index (κ2) is 13.1. The summed E-state index contributed by atoms with van der Waals surface area (Å²) in [5.74, 6) is -0.807. The van der Waals surface area contributed by atoms with Crippen molar-refractivity contribution in [1.29, 1.82) is 0 Å². The second-order valence-electron chi connectivity index (χ2n) is 9.87. The van der Waals surface area contributed by atoms with Crippen LogP contribution in [0.1, 0.15) is 111 Å². The Morgan fingerprint density at radius 3 is 2.00 bits per heavy atom. The first-order chi connectivity index (χ1) is 15.8. The van der Waals surface area contributed by atoms with Crippen LogP contribution in [0, 0.1) is 5.41 Å². The van der Waals surface area contributed by atoms with Crippen LogP contribution >= 0.6 is 0 Å². The third-order valence-corrected chi connectivity index (χ3v) is 6.79. The summed E-state index contributed by atoms with van der Waals surface area (Å²) < 4.78 is 46.2. The maximum atomic E-state index is 12.1. The number of carbonyl (C=O) groups is 2. The van der Waals surface area contributed by atoms with E-state index in [1.807, 2.05) is 34.6 Å². The molecule has 0 aromatic heterocycles. The molecular formula is C27H41F3O4. The molecule has 2 rings (SSSR count). The van der Waals surface area contributed by atoms with Crippen LogP contribution < -0.4 is 4.74 Å². The highest BCUT2D eigenvalue weighted by molar-refractivity contribution is 5.76. The Bertz CT molecular complexity index is 763. The topological polar surface area (TPSA) is 52.6 Å². The minimum absolute atomic E-state index is 0.0150. The molecule has 0 saturated heterocycles.